The molecule has 102 valence electrons. The topological polar surface area (TPSA) is 98.7 Å². The van der Waals surface area contributed by atoms with Gasteiger partial charge in [-0.25, -0.2) is 0 Å². The van der Waals surface area contributed by atoms with Crippen molar-refractivity contribution >= 4 is 50.8 Å². The molecule has 0 atom stereocenters. The maximum absolute atomic E-state index is 11.8. The average Bonchev–Trinajstić information content (AvgIpc) is 2.36. The van der Waals surface area contributed by atoms with Crippen molar-refractivity contribution in [3.8, 4) is 0 Å². The van der Waals surface area contributed by atoms with Crippen LogP contribution in [0.5, 0.6) is 0 Å². The summed E-state index contributed by atoms with van der Waals surface area (Å²) in [6.45, 7) is -0.246. The first-order chi connectivity index (χ1) is 8.90. The summed E-state index contributed by atoms with van der Waals surface area (Å²) in [5.41, 5.74) is 0.393. The van der Waals surface area contributed by atoms with E-state index in [-0.39, 0.29) is 13.0 Å². The minimum Gasteiger partial charge on any atom is -0.426 e. The molecule has 0 spiro atoms. The normalized spacial score (nSPS) is 9.89. The molecule has 0 aliphatic heterocycles. The molecular weight excluding hydrogens is 383 g/mol. The average molecular weight is 394 g/mol. The number of hydrogen-bond acceptors (Lipinski definition) is 4. The summed E-state index contributed by atoms with van der Waals surface area (Å²) in [4.78, 5) is 23.1. The molecule has 0 saturated carbocycles. The predicted molar refractivity (Wildman–Crippen MR) is 77.4 cm³/mol. The van der Waals surface area contributed by atoms with Crippen LogP contribution in [0.4, 0.5) is 0 Å². The van der Waals surface area contributed by atoms with Crippen LogP contribution in [0.3, 0.4) is 0 Å². The Bertz CT molecular complexity index is 485. The van der Waals surface area contributed by atoms with Gasteiger partial charge in [0.1, 0.15) is 0 Å². The molecule has 6 nitrogen and oxygen atoms in total. The summed E-state index contributed by atoms with van der Waals surface area (Å²) in [6, 6.07) is 5.10. The van der Waals surface area contributed by atoms with Gasteiger partial charge in [0.15, 0.2) is 0 Å². The number of hydrogen-bond donors (Lipinski definition) is 4. The Morgan fingerprint density at radius 3 is 2.53 bits per heavy atom. The van der Waals surface area contributed by atoms with E-state index in [4.69, 9.17) is 10.0 Å². The van der Waals surface area contributed by atoms with Crippen molar-refractivity contribution in [2.45, 2.75) is 0 Å². The second kappa shape index (κ2) is 7.64. The van der Waals surface area contributed by atoms with Crippen molar-refractivity contribution < 1.29 is 19.6 Å². The Kier molecular flexibility index (Phi) is 6.49. The van der Waals surface area contributed by atoms with Crippen LogP contribution in [0.1, 0.15) is 10.4 Å². The lowest BCUT2D eigenvalue weighted by Gasteiger charge is -2.08. The van der Waals surface area contributed by atoms with Crippen molar-refractivity contribution in [2.75, 3.05) is 13.0 Å². The quantitative estimate of drug-likeness (QED) is 0.532. The van der Waals surface area contributed by atoms with Crippen LogP contribution in [0.2, 0.25) is 0 Å². The van der Waals surface area contributed by atoms with Crippen molar-refractivity contribution in [3.63, 3.8) is 0 Å². The third-order valence-electron chi connectivity index (χ3n) is 2.06. The molecule has 4 N–H and O–H groups in total. The zero-order valence-corrected chi connectivity index (χ0v) is 12.9. The van der Waals surface area contributed by atoms with Crippen LogP contribution in [0.25, 0.3) is 0 Å². The summed E-state index contributed by atoms with van der Waals surface area (Å²) >= 11 is 6.49. The second-order valence-electron chi connectivity index (χ2n) is 3.59. The van der Waals surface area contributed by atoms with Crippen molar-refractivity contribution in [3.05, 3.63) is 32.7 Å². The standard InChI is InChI=1S/C10H11BBr2N2O4/c12-6-1-2-8(13)7(3-6)10(17)14-4-9(16)15-5-11(18)19/h1-3,18-19H,4-5H2,(H,14,17)(H,15,16). The van der Waals surface area contributed by atoms with Gasteiger partial charge in [-0.3, -0.25) is 9.59 Å². The Morgan fingerprint density at radius 2 is 1.89 bits per heavy atom. The Balaban J connectivity index is 2.51. The summed E-state index contributed by atoms with van der Waals surface area (Å²) in [5, 5.41) is 21.8. The van der Waals surface area contributed by atoms with E-state index in [0.29, 0.717) is 10.0 Å². The number of nitrogens with one attached hydrogen (secondary N) is 2. The number of benzene rings is 1. The predicted octanol–water partition coefficient (Wildman–Crippen LogP) is 0.0696. The first-order valence-electron chi connectivity index (χ1n) is 5.26. The van der Waals surface area contributed by atoms with Crippen LogP contribution >= 0.6 is 31.9 Å². The number of amides is 2. The zero-order valence-electron chi connectivity index (χ0n) is 9.69. The number of carbonyl (C=O) groups excluding carboxylic acids is 2. The molecule has 0 fully saturated rings. The third-order valence-corrected chi connectivity index (χ3v) is 3.25. The van der Waals surface area contributed by atoms with Gasteiger partial charge in [0.05, 0.1) is 18.6 Å². The van der Waals surface area contributed by atoms with E-state index in [9.17, 15) is 9.59 Å². The fourth-order valence-electron chi connectivity index (χ4n) is 1.19. The van der Waals surface area contributed by atoms with E-state index in [0.717, 1.165) is 4.47 Å². The molecule has 0 saturated heterocycles. The molecule has 0 aliphatic rings. The molecule has 0 bridgehead atoms. The van der Waals surface area contributed by atoms with Gasteiger partial charge in [0, 0.05) is 8.95 Å². The molecule has 0 aliphatic carbocycles. The molecule has 1 aromatic rings. The number of carbonyl (C=O) groups is 2. The number of halogens is 2. The molecule has 0 heterocycles. The van der Waals surface area contributed by atoms with Gasteiger partial charge in [0.25, 0.3) is 5.91 Å². The lowest BCUT2D eigenvalue weighted by atomic mass is 9.92. The molecule has 9 heteroatoms. The van der Waals surface area contributed by atoms with E-state index in [1.807, 2.05) is 0 Å². The fraction of sp³-hybridized carbons (Fsp3) is 0.200. The molecule has 0 aromatic heterocycles. The Morgan fingerprint density at radius 1 is 1.21 bits per heavy atom. The van der Waals surface area contributed by atoms with Crippen molar-refractivity contribution in [1.82, 2.24) is 10.6 Å². The lowest BCUT2D eigenvalue weighted by molar-refractivity contribution is -0.119. The van der Waals surface area contributed by atoms with Gasteiger partial charge in [-0.05, 0) is 34.1 Å². The SMILES string of the molecule is O=C(CNC(=O)c1cc(Br)ccc1Br)NCB(O)O. The van der Waals surface area contributed by atoms with Gasteiger partial charge in [-0.1, -0.05) is 15.9 Å². The molecule has 0 unspecified atom stereocenters. The van der Waals surface area contributed by atoms with E-state index in [2.05, 4.69) is 42.5 Å². The summed E-state index contributed by atoms with van der Waals surface area (Å²) in [6.07, 6.45) is -0.282. The summed E-state index contributed by atoms with van der Waals surface area (Å²) in [7, 11) is -1.61. The van der Waals surface area contributed by atoms with E-state index in [1.54, 1.807) is 18.2 Å². The Hall–Kier alpha value is -0.895. The van der Waals surface area contributed by atoms with E-state index < -0.39 is 18.9 Å². The zero-order chi connectivity index (χ0) is 14.4. The molecule has 19 heavy (non-hydrogen) atoms. The highest BCUT2D eigenvalue weighted by Gasteiger charge is 2.13. The molecule has 1 aromatic carbocycles. The summed E-state index contributed by atoms with van der Waals surface area (Å²) < 4.78 is 1.35. The van der Waals surface area contributed by atoms with Crippen LogP contribution < -0.4 is 10.6 Å². The fourth-order valence-corrected chi connectivity index (χ4v) is 1.98. The lowest BCUT2D eigenvalue weighted by Crippen LogP contribution is -2.41. The smallest absolute Gasteiger partial charge is 0.426 e. The first kappa shape index (κ1) is 16.2. The van der Waals surface area contributed by atoms with Gasteiger partial charge in [0.2, 0.25) is 5.91 Å². The van der Waals surface area contributed by atoms with Crippen LogP contribution in [-0.2, 0) is 4.79 Å². The van der Waals surface area contributed by atoms with Crippen molar-refractivity contribution in [2.24, 2.45) is 0 Å². The third kappa shape index (κ3) is 5.73. The van der Waals surface area contributed by atoms with E-state index in [1.165, 1.54) is 0 Å². The van der Waals surface area contributed by atoms with Crippen LogP contribution in [0.15, 0.2) is 27.1 Å². The largest absolute Gasteiger partial charge is 0.472 e. The highest BCUT2D eigenvalue weighted by molar-refractivity contribution is 9.11. The first-order valence-corrected chi connectivity index (χ1v) is 6.85. The van der Waals surface area contributed by atoms with Gasteiger partial charge >= 0.3 is 7.12 Å². The van der Waals surface area contributed by atoms with E-state index >= 15 is 0 Å². The molecule has 1 rings (SSSR count). The molecule has 0 radical (unpaired) electrons. The maximum Gasteiger partial charge on any atom is 0.472 e. The second-order valence-corrected chi connectivity index (χ2v) is 5.36. The number of rotatable bonds is 5. The molecular formula is C10H11BBr2N2O4. The maximum atomic E-state index is 11.8. The monoisotopic (exact) mass is 392 g/mol. The van der Waals surface area contributed by atoms with Gasteiger partial charge in [-0.2, -0.15) is 0 Å². The Labute approximate surface area is 127 Å². The molecule has 2 amide bonds. The van der Waals surface area contributed by atoms with Crippen LogP contribution in [-0.4, -0.2) is 42.0 Å². The van der Waals surface area contributed by atoms with Gasteiger partial charge in [-0.15, -0.1) is 0 Å². The minimum atomic E-state index is -1.61. The van der Waals surface area contributed by atoms with Gasteiger partial charge < -0.3 is 20.7 Å². The summed E-state index contributed by atoms with van der Waals surface area (Å²) in [5.74, 6) is -0.916. The van der Waals surface area contributed by atoms with Crippen molar-refractivity contribution in [1.29, 1.82) is 0 Å². The van der Waals surface area contributed by atoms with Crippen LogP contribution in [0, 0.1) is 0 Å². The minimum absolute atomic E-state index is 0.246. The highest BCUT2D eigenvalue weighted by atomic mass is 79.9. The highest BCUT2D eigenvalue weighted by Crippen LogP contribution is 2.21.